The van der Waals surface area contributed by atoms with Crippen LogP contribution in [0.1, 0.15) is 41.5 Å². The van der Waals surface area contributed by atoms with Gasteiger partial charge < -0.3 is 0 Å². The molecule has 1 N–H and O–H groups in total. The van der Waals surface area contributed by atoms with Gasteiger partial charge in [-0.15, -0.1) is 0 Å². The predicted molar refractivity (Wildman–Crippen MR) is 97.9 cm³/mol. The minimum Gasteiger partial charge on any atom is -0.267 e. The zero-order chi connectivity index (χ0) is 19.5. The fraction of sp³-hybridized carbons (Fsp3) is 0.222. The van der Waals surface area contributed by atoms with Gasteiger partial charge in [-0.05, 0) is 45.0 Å². The lowest BCUT2D eigenvalue weighted by Crippen LogP contribution is -2.55. The Labute approximate surface area is 155 Å². The number of hydrogen-bond donors (Lipinski definition) is 1. The van der Waals surface area contributed by atoms with E-state index in [4.69, 9.17) is 11.6 Å². The third-order valence-electron chi connectivity index (χ3n) is 3.51. The molecule has 0 saturated heterocycles. The highest BCUT2D eigenvalue weighted by Crippen LogP contribution is 2.24. The first kappa shape index (κ1) is 19.4. The van der Waals surface area contributed by atoms with Crippen molar-refractivity contribution in [3.63, 3.8) is 0 Å². The van der Waals surface area contributed by atoms with E-state index in [1.54, 1.807) is 51.1 Å². The summed E-state index contributed by atoms with van der Waals surface area (Å²) in [7, 11) is 0. The summed E-state index contributed by atoms with van der Waals surface area (Å²) in [4.78, 5) is 35.9. The second-order valence-electron chi connectivity index (χ2n) is 6.54. The molecule has 0 unspecified atom stereocenters. The molecule has 136 valence electrons. The van der Waals surface area contributed by atoms with E-state index < -0.39 is 28.0 Å². The first-order valence-corrected chi connectivity index (χ1v) is 8.13. The van der Waals surface area contributed by atoms with Gasteiger partial charge >= 0.3 is 0 Å². The van der Waals surface area contributed by atoms with Crippen LogP contribution < -0.4 is 5.43 Å². The fourth-order valence-corrected chi connectivity index (χ4v) is 2.41. The summed E-state index contributed by atoms with van der Waals surface area (Å²) in [5, 5.41) is 12.5. The molecule has 8 heteroatoms. The topological polar surface area (TPSA) is 92.6 Å². The summed E-state index contributed by atoms with van der Waals surface area (Å²) in [6.45, 7) is 5.22. The van der Waals surface area contributed by atoms with Gasteiger partial charge in [-0.25, -0.2) is 5.01 Å². The summed E-state index contributed by atoms with van der Waals surface area (Å²) < 4.78 is 0. The zero-order valence-corrected chi connectivity index (χ0v) is 15.3. The molecule has 0 radical (unpaired) electrons. The molecule has 0 spiro atoms. The van der Waals surface area contributed by atoms with Crippen LogP contribution in [0.4, 0.5) is 5.69 Å². The van der Waals surface area contributed by atoms with E-state index >= 15 is 0 Å². The first-order chi connectivity index (χ1) is 12.1. The highest BCUT2D eigenvalue weighted by atomic mass is 35.5. The van der Waals surface area contributed by atoms with Crippen LogP contribution in [0.3, 0.4) is 0 Å². The molecular formula is C18H18ClN3O4. The summed E-state index contributed by atoms with van der Waals surface area (Å²) >= 11 is 5.77. The Morgan fingerprint density at radius 3 is 2.27 bits per heavy atom. The van der Waals surface area contributed by atoms with E-state index in [-0.39, 0.29) is 10.6 Å². The molecule has 2 rings (SSSR count). The predicted octanol–water partition coefficient (Wildman–Crippen LogP) is 3.83. The van der Waals surface area contributed by atoms with E-state index in [0.29, 0.717) is 5.56 Å². The fourth-order valence-electron chi connectivity index (χ4n) is 2.24. The first-order valence-electron chi connectivity index (χ1n) is 7.76. The van der Waals surface area contributed by atoms with E-state index in [9.17, 15) is 19.7 Å². The lowest BCUT2D eigenvalue weighted by molar-refractivity contribution is -0.385. The second-order valence-corrected chi connectivity index (χ2v) is 6.97. The normalized spacial score (nSPS) is 10.9. The maximum atomic E-state index is 12.8. The number of nitrogens with zero attached hydrogens (tertiary/aromatic N) is 2. The zero-order valence-electron chi connectivity index (χ0n) is 14.5. The molecule has 0 aliphatic heterocycles. The standard InChI is InChI=1S/C18H18ClN3O4/c1-18(2,3)21(17(24)12-7-5-4-6-8-12)20-16(23)14-10-9-13(19)11-15(14)22(25)26/h4-11H,1-3H3,(H,20,23). The number of benzene rings is 2. The summed E-state index contributed by atoms with van der Waals surface area (Å²) in [6.07, 6.45) is 0. The molecule has 0 bridgehead atoms. The van der Waals surface area contributed by atoms with Crippen molar-refractivity contribution in [3.8, 4) is 0 Å². The Bertz CT molecular complexity index is 847. The molecular weight excluding hydrogens is 358 g/mol. The van der Waals surface area contributed by atoms with Gasteiger partial charge in [-0.2, -0.15) is 0 Å². The minimum atomic E-state index is -0.771. The summed E-state index contributed by atoms with van der Waals surface area (Å²) in [5.74, 6) is -1.20. The highest BCUT2D eigenvalue weighted by molar-refractivity contribution is 6.31. The number of hydrazine groups is 1. The third-order valence-corrected chi connectivity index (χ3v) is 3.74. The molecule has 0 aliphatic rings. The van der Waals surface area contributed by atoms with Gasteiger partial charge in [0, 0.05) is 16.7 Å². The van der Waals surface area contributed by atoms with Crippen molar-refractivity contribution in [2.45, 2.75) is 26.3 Å². The van der Waals surface area contributed by atoms with Gasteiger partial charge in [-0.3, -0.25) is 25.1 Å². The van der Waals surface area contributed by atoms with E-state index in [2.05, 4.69) is 5.43 Å². The van der Waals surface area contributed by atoms with Gasteiger partial charge in [0.25, 0.3) is 17.5 Å². The van der Waals surface area contributed by atoms with Crippen LogP contribution in [0.5, 0.6) is 0 Å². The maximum absolute atomic E-state index is 12.8. The van der Waals surface area contributed by atoms with Gasteiger partial charge in [0.1, 0.15) is 5.56 Å². The second kappa shape index (κ2) is 7.53. The molecule has 0 heterocycles. The van der Waals surface area contributed by atoms with Crippen LogP contribution in [-0.2, 0) is 0 Å². The van der Waals surface area contributed by atoms with E-state index in [0.717, 1.165) is 11.1 Å². The van der Waals surface area contributed by atoms with Crippen molar-refractivity contribution in [2.24, 2.45) is 0 Å². The van der Waals surface area contributed by atoms with Crippen LogP contribution in [0.15, 0.2) is 48.5 Å². The molecule has 0 atom stereocenters. The van der Waals surface area contributed by atoms with Crippen molar-refractivity contribution >= 4 is 29.1 Å². The van der Waals surface area contributed by atoms with Crippen molar-refractivity contribution in [2.75, 3.05) is 0 Å². The lowest BCUT2D eigenvalue weighted by atomic mass is 10.1. The van der Waals surface area contributed by atoms with Crippen LogP contribution >= 0.6 is 11.6 Å². The summed E-state index contributed by atoms with van der Waals surface area (Å²) in [6, 6.07) is 12.2. The number of halogens is 1. The third kappa shape index (κ3) is 4.37. The van der Waals surface area contributed by atoms with Gasteiger partial charge in [0.15, 0.2) is 0 Å². The highest BCUT2D eigenvalue weighted by Gasteiger charge is 2.31. The largest absolute Gasteiger partial charge is 0.283 e. The number of carbonyl (C=O) groups excluding carboxylic acids is 2. The molecule has 2 aromatic carbocycles. The Kier molecular flexibility index (Phi) is 5.62. The van der Waals surface area contributed by atoms with Crippen molar-refractivity contribution in [1.82, 2.24) is 10.4 Å². The molecule has 7 nitrogen and oxygen atoms in total. The van der Waals surface area contributed by atoms with Crippen LogP contribution in [0.2, 0.25) is 5.02 Å². The van der Waals surface area contributed by atoms with Crippen LogP contribution in [0, 0.1) is 10.1 Å². The smallest absolute Gasteiger partial charge is 0.267 e. The van der Waals surface area contributed by atoms with Crippen molar-refractivity contribution in [1.29, 1.82) is 0 Å². The average Bonchev–Trinajstić information content (AvgIpc) is 2.58. The average molecular weight is 376 g/mol. The monoisotopic (exact) mass is 375 g/mol. The van der Waals surface area contributed by atoms with Gasteiger partial charge in [-0.1, -0.05) is 29.8 Å². The van der Waals surface area contributed by atoms with Crippen LogP contribution in [0.25, 0.3) is 0 Å². The quantitative estimate of drug-likeness (QED) is 0.651. The van der Waals surface area contributed by atoms with Crippen molar-refractivity contribution in [3.05, 3.63) is 74.8 Å². The van der Waals surface area contributed by atoms with Gasteiger partial charge in [0.2, 0.25) is 0 Å². The van der Waals surface area contributed by atoms with Gasteiger partial charge in [0.05, 0.1) is 10.5 Å². The minimum absolute atomic E-state index is 0.140. The number of amides is 2. The number of nitro groups is 1. The van der Waals surface area contributed by atoms with Crippen molar-refractivity contribution < 1.29 is 14.5 Å². The molecule has 26 heavy (non-hydrogen) atoms. The maximum Gasteiger partial charge on any atom is 0.283 e. The Hall–Kier alpha value is -2.93. The Balaban J connectivity index is 2.37. The molecule has 2 amide bonds. The molecule has 0 aromatic heterocycles. The molecule has 0 aliphatic carbocycles. The number of carbonyl (C=O) groups is 2. The Morgan fingerprint density at radius 2 is 1.73 bits per heavy atom. The van der Waals surface area contributed by atoms with E-state index in [1.165, 1.54) is 12.1 Å². The van der Waals surface area contributed by atoms with E-state index in [1.807, 2.05) is 0 Å². The Morgan fingerprint density at radius 1 is 1.12 bits per heavy atom. The number of hydrogen-bond acceptors (Lipinski definition) is 4. The lowest BCUT2D eigenvalue weighted by Gasteiger charge is -2.35. The number of rotatable bonds is 3. The number of nitro benzene ring substituents is 1. The SMILES string of the molecule is CC(C)(C)N(NC(=O)c1ccc(Cl)cc1[N+](=O)[O-])C(=O)c1ccccc1. The molecule has 0 fully saturated rings. The molecule has 2 aromatic rings. The van der Waals surface area contributed by atoms with Crippen LogP contribution in [-0.4, -0.2) is 27.3 Å². The molecule has 0 saturated carbocycles. The number of nitrogens with one attached hydrogen (secondary N) is 1. The summed E-state index contributed by atoms with van der Waals surface area (Å²) in [5.41, 5.74) is 1.49.